The fraction of sp³-hybridized carbons (Fsp3) is 0.0588. The molecule has 0 spiro atoms. The van der Waals surface area contributed by atoms with Gasteiger partial charge in [-0.25, -0.2) is 17.4 Å². The molecule has 0 aliphatic rings. The van der Waals surface area contributed by atoms with E-state index < -0.39 is 10.0 Å². The zero-order valence-corrected chi connectivity index (χ0v) is 13.2. The lowest BCUT2D eigenvalue weighted by atomic mass is 10.2. The predicted octanol–water partition coefficient (Wildman–Crippen LogP) is 3.13. The van der Waals surface area contributed by atoms with Crippen LogP contribution in [0.15, 0.2) is 65.7 Å². The topological polar surface area (TPSA) is 64.8 Å². The normalized spacial score (nSPS) is 12.0. The van der Waals surface area contributed by atoms with Crippen LogP contribution in [0, 0.1) is 6.92 Å². The summed E-state index contributed by atoms with van der Waals surface area (Å²) in [4.78, 5) is 8.78. The summed E-state index contributed by atoms with van der Waals surface area (Å²) in [6.07, 6.45) is 1.60. The smallest absolute Gasteiger partial charge is 0.255 e. The number of nitrogens with zero attached hydrogens (tertiary/aromatic N) is 3. The molecule has 114 valence electrons. The molecule has 0 radical (unpaired) electrons. The minimum absolute atomic E-state index is 0.182. The Morgan fingerprint density at radius 3 is 2.61 bits per heavy atom. The van der Waals surface area contributed by atoms with Crippen molar-refractivity contribution in [2.75, 3.05) is 0 Å². The Morgan fingerprint density at radius 2 is 1.74 bits per heavy atom. The van der Waals surface area contributed by atoms with Gasteiger partial charge in [0.2, 0.25) is 0 Å². The summed E-state index contributed by atoms with van der Waals surface area (Å²) in [6.45, 7) is 1.69. The van der Waals surface area contributed by atoms with Crippen LogP contribution in [-0.2, 0) is 10.0 Å². The second-order valence-corrected chi connectivity index (χ2v) is 7.00. The standard InChI is InChI=1S/C17H13N3O2S/c1-12-19-14-8-2-3-9-15(14)20(12)23(21,22)16-10-4-6-13-7-5-11-18-17(13)16/h2-11H,1H3. The van der Waals surface area contributed by atoms with Gasteiger partial charge in [0, 0.05) is 11.6 Å². The van der Waals surface area contributed by atoms with E-state index in [-0.39, 0.29) is 4.90 Å². The van der Waals surface area contributed by atoms with Crippen LogP contribution in [0.2, 0.25) is 0 Å². The van der Waals surface area contributed by atoms with Crippen molar-refractivity contribution >= 4 is 32.0 Å². The Hall–Kier alpha value is -2.73. The van der Waals surface area contributed by atoms with E-state index in [0.29, 0.717) is 22.4 Å². The molecule has 0 aliphatic carbocycles. The Labute approximate surface area is 133 Å². The molecule has 2 aromatic heterocycles. The number of fused-ring (bicyclic) bond motifs is 2. The first-order valence-electron chi connectivity index (χ1n) is 7.12. The lowest BCUT2D eigenvalue weighted by Gasteiger charge is -2.10. The number of aryl methyl sites for hydroxylation is 1. The van der Waals surface area contributed by atoms with Gasteiger partial charge in [-0.15, -0.1) is 0 Å². The van der Waals surface area contributed by atoms with Crippen molar-refractivity contribution in [3.8, 4) is 0 Å². The van der Waals surface area contributed by atoms with E-state index >= 15 is 0 Å². The van der Waals surface area contributed by atoms with Gasteiger partial charge in [0.25, 0.3) is 10.0 Å². The number of rotatable bonds is 2. The van der Waals surface area contributed by atoms with Crippen molar-refractivity contribution in [3.05, 3.63) is 66.6 Å². The van der Waals surface area contributed by atoms with Crippen molar-refractivity contribution in [2.45, 2.75) is 11.8 Å². The minimum Gasteiger partial charge on any atom is -0.255 e. The largest absolute Gasteiger partial charge is 0.271 e. The Kier molecular flexibility index (Phi) is 2.96. The zero-order valence-electron chi connectivity index (χ0n) is 12.3. The van der Waals surface area contributed by atoms with E-state index in [9.17, 15) is 8.42 Å². The summed E-state index contributed by atoms with van der Waals surface area (Å²) in [5.41, 5.74) is 1.69. The molecule has 4 aromatic rings. The number of pyridine rings is 1. The molecule has 6 heteroatoms. The lowest BCUT2D eigenvalue weighted by Crippen LogP contribution is -2.15. The maximum atomic E-state index is 13.2. The molecule has 23 heavy (non-hydrogen) atoms. The third kappa shape index (κ3) is 2.03. The molecule has 0 saturated heterocycles. The van der Waals surface area contributed by atoms with E-state index in [1.807, 2.05) is 18.2 Å². The van der Waals surface area contributed by atoms with Crippen LogP contribution in [0.3, 0.4) is 0 Å². The molecule has 2 aromatic carbocycles. The fourth-order valence-electron chi connectivity index (χ4n) is 2.81. The quantitative estimate of drug-likeness (QED) is 0.568. The number of aromatic nitrogens is 3. The molecule has 0 atom stereocenters. The van der Waals surface area contributed by atoms with E-state index in [1.165, 1.54) is 3.97 Å². The Morgan fingerprint density at radius 1 is 0.957 bits per heavy atom. The molecule has 0 aliphatic heterocycles. The molecule has 0 unspecified atom stereocenters. The first kappa shape index (κ1) is 13.9. The van der Waals surface area contributed by atoms with Crippen LogP contribution in [0.4, 0.5) is 0 Å². The minimum atomic E-state index is -3.79. The van der Waals surface area contributed by atoms with Crippen LogP contribution in [0.5, 0.6) is 0 Å². The highest BCUT2D eigenvalue weighted by Crippen LogP contribution is 2.27. The first-order valence-corrected chi connectivity index (χ1v) is 8.56. The average Bonchev–Trinajstić information content (AvgIpc) is 2.90. The molecule has 5 nitrogen and oxygen atoms in total. The first-order chi connectivity index (χ1) is 11.1. The highest BCUT2D eigenvalue weighted by Gasteiger charge is 2.24. The third-order valence-corrected chi connectivity index (χ3v) is 5.62. The molecule has 4 rings (SSSR count). The van der Waals surface area contributed by atoms with Gasteiger partial charge in [-0.1, -0.05) is 30.3 Å². The summed E-state index contributed by atoms with van der Waals surface area (Å²) < 4.78 is 27.7. The van der Waals surface area contributed by atoms with Gasteiger partial charge in [-0.05, 0) is 31.2 Å². The Bertz CT molecular complexity index is 1140. The second-order valence-electron chi connectivity index (χ2n) is 5.25. The van der Waals surface area contributed by atoms with Crippen molar-refractivity contribution in [1.82, 2.24) is 13.9 Å². The second kappa shape index (κ2) is 4.89. The molecule has 0 fully saturated rings. The number of benzene rings is 2. The number of hydrogen-bond acceptors (Lipinski definition) is 4. The van der Waals surface area contributed by atoms with Crippen molar-refractivity contribution in [3.63, 3.8) is 0 Å². The lowest BCUT2D eigenvalue weighted by molar-refractivity contribution is 0.588. The molecule has 2 heterocycles. The monoisotopic (exact) mass is 323 g/mol. The van der Waals surface area contributed by atoms with Gasteiger partial charge in [0.15, 0.2) is 0 Å². The molecule has 0 bridgehead atoms. The van der Waals surface area contributed by atoms with Gasteiger partial charge in [0.1, 0.15) is 10.7 Å². The molecule has 0 N–H and O–H groups in total. The third-order valence-electron chi connectivity index (χ3n) is 3.79. The van der Waals surface area contributed by atoms with Crippen molar-refractivity contribution in [1.29, 1.82) is 0 Å². The van der Waals surface area contributed by atoms with E-state index in [1.54, 1.807) is 49.5 Å². The molecule has 0 saturated carbocycles. The highest BCUT2D eigenvalue weighted by atomic mass is 32.2. The van der Waals surface area contributed by atoms with Crippen LogP contribution in [0.25, 0.3) is 21.9 Å². The van der Waals surface area contributed by atoms with Gasteiger partial charge in [0.05, 0.1) is 16.6 Å². The van der Waals surface area contributed by atoms with Crippen LogP contribution >= 0.6 is 0 Å². The Balaban J connectivity index is 2.09. The van der Waals surface area contributed by atoms with Crippen LogP contribution in [-0.4, -0.2) is 22.4 Å². The average molecular weight is 323 g/mol. The predicted molar refractivity (Wildman–Crippen MR) is 88.8 cm³/mol. The van der Waals surface area contributed by atoms with Crippen molar-refractivity contribution < 1.29 is 8.42 Å². The molecular weight excluding hydrogens is 310 g/mol. The molecular formula is C17H13N3O2S. The molecule has 0 amide bonds. The van der Waals surface area contributed by atoms with E-state index in [4.69, 9.17) is 0 Å². The summed E-state index contributed by atoms with van der Waals surface area (Å²) in [5.74, 6) is 0.430. The summed E-state index contributed by atoms with van der Waals surface area (Å²) in [5, 5.41) is 0.788. The fourth-order valence-corrected chi connectivity index (χ4v) is 4.47. The summed E-state index contributed by atoms with van der Waals surface area (Å²) in [6, 6.07) is 16.0. The van der Waals surface area contributed by atoms with Crippen LogP contribution in [0.1, 0.15) is 5.82 Å². The van der Waals surface area contributed by atoms with Gasteiger partial charge in [-0.3, -0.25) is 4.98 Å². The van der Waals surface area contributed by atoms with E-state index in [0.717, 1.165) is 5.39 Å². The summed E-state index contributed by atoms with van der Waals surface area (Å²) in [7, 11) is -3.79. The number of para-hydroxylation sites is 3. The number of hydrogen-bond donors (Lipinski definition) is 0. The van der Waals surface area contributed by atoms with Gasteiger partial charge < -0.3 is 0 Å². The van der Waals surface area contributed by atoms with Gasteiger partial charge >= 0.3 is 0 Å². The zero-order chi connectivity index (χ0) is 16.0. The van der Waals surface area contributed by atoms with Crippen molar-refractivity contribution in [2.24, 2.45) is 0 Å². The van der Waals surface area contributed by atoms with Gasteiger partial charge in [-0.2, -0.15) is 0 Å². The maximum Gasteiger partial charge on any atom is 0.271 e. The maximum absolute atomic E-state index is 13.2. The van der Waals surface area contributed by atoms with E-state index in [2.05, 4.69) is 9.97 Å². The highest BCUT2D eigenvalue weighted by molar-refractivity contribution is 7.90. The number of imidazole rings is 1. The SMILES string of the molecule is Cc1nc2ccccc2n1S(=O)(=O)c1cccc2cccnc12. The van der Waals surface area contributed by atoms with Crippen LogP contribution < -0.4 is 0 Å². The summed E-state index contributed by atoms with van der Waals surface area (Å²) >= 11 is 0.